The van der Waals surface area contributed by atoms with Crippen molar-refractivity contribution in [3.63, 3.8) is 0 Å². The van der Waals surface area contributed by atoms with Crippen LogP contribution >= 0.6 is 11.3 Å². The second-order valence-corrected chi connectivity index (χ2v) is 8.71. The molecular weight excluding hydrogens is 412 g/mol. The van der Waals surface area contributed by atoms with E-state index in [9.17, 15) is 4.79 Å². The van der Waals surface area contributed by atoms with Crippen molar-refractivity contribution in [2.45, 2.75) is 38.6 Å². The molecule has 1 aliphatic heterocycles. The third kappa shape index (κ3) is 8.32. The average Bonchev–Trinajstić information content (AvgIpc) is 3.32. The van der Waals surface area contributed by atoms with Crippen LogP contribution in [0.3, 0.4) is 0 Å². The van der Waals surface area contributed by atoms with Gasteiger partial charge in [-0.3, -0.25) is 4.79 Å². The van der Waals surface area contributed by atoms with E-state index in [4.69, 9.17) is 9.47 Å². The fraction of sp³-hybridized carbons (Fsp3) is 0.478. The molecule has 0 radical (unpaired) electrons. The third-order valence-corrected chi connectivity index (χ3v) is 5.89. The Morgan fingerprint density at radius 3 is 2.58 bits per heavy atom. The zero-order valence-corrected chi connectivity index (χ0v) is 19.1. The Morgan fingerprint density at radius 1 is 1.16 bits per heavy atom. The van der Waals surface area contributed by atoms with Crippen molar-refractivity contribution >= 4 is 23.2 Å². The summed E-state index contributed by atoms with van der Waals surface area (Å²) >= 11 is 1.69. The first-order valence-electron chi connectivity index (χ1n) is 10.6. The van der Waals surface area contributed by atoms with Crippen LogP contribution in [0.15, 0.2) is 46.8 Å². The fourth-order valence-electron chi connectivity index (χ4n) is 3.04. The van der Waals surface area contributed by atoms with Gasteiger partial charge in [0, 0.05) is 32.2 Å². The zero-order valence-electron chi connectivity index (χ0n) is 18.3. The number of hydrogen-bond acceptors (Lipinski definition) is 5. The van der Waals surface area contributed by atoms with Gasteiger partial charge in [-0.1, -0.05) is 30.3 Å². The van der Waals surface area contributed by atoms with Crippen molar-refractivity contribution in [2.24, 2.45) is 4.99 Å². The lowest BCUT2D eigenvalue weighted by Gasteiger charge is -2.22. The van der Waals surface area contributed by atoms with Gasteiger partial charge in [-0.25, -0.2) is 4.99 Å². The van der Waals surface area contributed by atoms with Crippen LogP contribution in [-0.4, -0.2) is 56.7 Å². The van der Waals surface area contributed by atoms with Crippen LogP contribution < -0.4 is 10.6 Å². The molecule has 0 aliphatic carbocycles. The largest absolute Gasteiger partial charge is 0.381 e. The number of nitrogens with one attached hydrogen (secondary N) is 2. The molecule has 7 nitrogen and oxygen atoms in total. The molecule has 1 saturated heterocycles. The van der Waals surface area contributed by atoms with Crippen molar-refractivity contribution in [3.05, 3.63) is 57.8 Å². The first-order chi connectivity index (χ1) is 15.1. The maximum absolute atomic E-state index is 11.9. The molecule has 1 aromatic heterocycles. The number of aliphatic imine (C=N–C) groups is 1. The quantitative estimate of drug-likeness (QED) is 0.460. The molecular formula is C23H32N4O3S. The van der Waals surface area contributed by atoms with Gasteiger partial charge >= 0.3 is 0 Å². The van der Waals surface area contributed by atoms with E-state index in [-0.39, 0.29) is 12.5 Å². The second kappa shape index (κ2) is 12.4. The van der Waals surface area contributed by atoms with Gasteiger partial charge in [0.05, 0.1) is 32.3 Å². The minimum Gasteiger partial charge on any atom is -0.381 e. The summed E-state index contributed by atoms with van der Waals surface area (Å²) in [6, 6.07) is 12.4. The topological polar surface area (TPSA) is 75.2 Å². The van der Waals surface area contributed by atoms with Gasteiger partial charge in [-0.05, 0) is 35.4 Å². The first-order valence-corrected chi connectivity index (χ1v) is 11.5. The molecule has 1 amide bonds. The monoisotopic (exact) mass is 444 g/mol. The molecule has 3 rings (SSSR count). The Bertz CT molecular complexity index is 816. The lowest BCUT2D eigenvalue weighted by atomic mass is 10.1. The number of carbonyl (C=O) groups excluding carboxylic acids is 1. The highest BCUT2D eigenvalue weighted by Crippen LogP contribution is 2.14. The van der Waals surface area contributed by atoms with Gasteiger partial charge in [0.2, 0.25) is 5.91 Å². The lowest BCUT2D eigenvalue weighted by Crippen LogP contribution is -2.42. The van der Waals surface area contributed by atoms with E-state index >= 15 is 0 Å². The smallest absolute Gasteiger partial charge is 0.241 e. The maximum Gasteiger partial charge on any atom is 0.241 e. The van der Waals surface area contributed by atoms with Crippen molar-refractivity contribution < 1.29 is 14.3 Å². The normalized spacial score (nSPS) is 15.0. The number of amides is 1. The Balaban J connectivity index is 1.52. The summed E-state index contributed by atoms with van der Waals surface area (Å²) in [5.74, 6) is 0.620. The maximum atomic E-state index is 11.9. The predicted octanol–water partition coefficient (Wildman–Crippen LogP) is 2.77. The van der Waals surface area contributed by atoms with Crippen LogP contribution in [0.1, 0.15) is 28.8 Å². The average molecular weight is 445 g/mol. The second-order valence-electron chi connectivity index (χ2n) is 7.68. The summed E-state index contributed by atoms with van der Waals surface area (Å²) in [4.78, 5) is 19.4. The number of nitrogens with zero attached hydrogens (tertiary/aromatic N) is 2. The molecule has 0 atom stereocenters. The van der Waals surface area contributed by atoms with E-state index in [1.165, 1.54) is 4.88 Å². The van der Waals surface area contributed by atoms with E-state index in [0.29, 0.717) is 31.8 Å². The predicted molar refractivity (Wildman–Crippen MR) is 124 cm³/mol. The van der Waals surface area contributed by atoms with Gasteiger partial charge in [0.25, 0.3) is 0 Å². The Labute approximate surface area is 188 Å². The van der Waals surface area contributed by atoms with E-state index < -0.39 is 0 Å². The summed E-state index contributed by atoms with van der Waals surface area (Å²) in [6.45, 7) is 3.60. The Morgan fingerprint density at radius 2 is 1.90 bits per heavy atom. The van der Waals surface area contributed by atoms with Crippen molar-refractivity contribution in [1.29, 1.82) is 0 Å². The van der Waals surface area contributed by atoms with Gasteiger partial charge in [0.1, 0.15) is 0 Å². The van der Waals surface area contributed by atoms with Gasteiger partial charge in [0.15, 0.2) is 5.96 Å². The van der Waals surface area contributed by atoms with Crippen molar-refractivity contribution in [2.75, 3.05) is 33.9 Å². The van der Waals surface area contributed by atoms with Crippen LogP contribution in [-0.2, 0) is 34.0 Å². The highest BCUT2D eigenvalue weighted by atomic mass is 32.1. The Kier molecular flexibility index (Phi) is 9.33. The van der Waals surface area contributed by atoms with Crippen LogP contribution in [0.4, 0.5) is 0 Å². The van der Waals surface area contributed by atoms with E-state index in [1.54, 1.807) is 30.3 Å². The molecule has 2 N–H and O–H groups in total. The van der Waals surface area contributed by atoms with Crippen LogP contribution in [0, 0.1) is 0 Å². The van der Waals surface area contributed by atoms with Gasteiger partial charge in [-0.15, -0.1) is 11.3 Å². The molecule has 0 unspecified atom stereocenters. The molecule has 0 saturated carbocycles. The molecule has 0 spiro atoms. The minimum absolute atomic E-state index is 0.000458. The number of likely N-dealkylation sites (N-methyl/N-ethyl adjacent to an activating group) is 1. The van der Waals surface area contributed by atoms with Gasteiger partial charge < -0.3 is 25.0 Å². The Hall–Kier alpha value is -2.42. The first kappa shape index (κ1) is 23.2. The van der Waals surface area contributed by atoms with Gasteiger partial charge in [-0.2, -0.15) is 0 Å². The lowest BCUT2D eigenvalue weighted by molar-refractivity contribution is -0.127. The molecule has 8 heteroatoms. The van der Waals surface area contributed by atoms with Crippen LogP contribution in [0.25, 0.3) is 0 Å². The number of thiophene rings is 1. The number of benzene rings is 1. The molecule has 1 aliphatic rings. The summed E-state index contributed by atoms with van der Waals surface area (Å²) in [5, 5.41) is 8.47. The highest BCUT2D eigenvalue weighted by molar-refractivity contribution is 7.09. The van der Waals surface area contributed by atoms with Crippen LogP contribution in [0.5, 0.6) is 0 Å². The summed E-state index contributed by atoms with van der Waals surface area (Å²) < 4.78 is 11.4. The van der Waals surface area contributed by atoms with Crippen molar-refractivity contribution in [3.8, 4) is 0 Å². The highest BCUT2D eigenvalue weighted by Gasteiger charge is 2.14. The number of hydrogen-bond donors (Lipinski definition) is 2. The summed E-state index contributed by atoms with van der Waals surface area (Å²) in [6.07, 6.45) is 2.24. The molecule has 1 fully saturated rings. The molecule has 31 heavy (non-hydrogen) atoms. The molecule has 2 aromatic rings. The number of rotatable bonds is 9. The van der Waals surface area contributed by atoms with Crippen molar-refractivity contribution in [1.82, 2.24) is 15.5 Å². The minimum atomic E-state index is -0.000458. The zero-order chi connectivity index (χ0) is 21.9. The molecule has 1 aromatic carbocycles. The molecule has 168 valence electrons. The van der Waals surface area contributed by atoms with E-state index in [2.05, 4.69) is 46.0 Å². The molecule has 2 heterocycles. The number of guanidine groups is 1. The molecule has 0 bridgehead atoms. The fourth-order valence-corrected chi connectivity index (χ4v) is 3.69. The van der Waals surface area contributed by atoms with Crippen LogP contribution in [0.2, 0.25) is 0 Å². The van der Waals surface area contributed by atoms with E-state index in [0.717, 1.165) is 37.2 Å². The third-order valence-electron chi connectivity index (χ3n) is 5.01. The van der Waals surface area contributed by atoms with E-state index in [1.807, 2.05) is 11.4 Å². The standard InChI is InChI=1S/C23H32N4O3S/c1-27(2)22(28)16-26-23(25-15-21-4-3-13-31-21)24-14-18-5-7-19(8-6-18)17-30-20-9-11-29-12-10-20/h3-8,13,20H,9-12,14-17H2,1-2H3,(H2,24,25,26). The number of carbonyl (C=O) groups is 1. The SMILES string of the molecule is CN(C)C(=O)CNC(=NCc1ccc(COC2CCOCC2)cc1)NCc1cccs1. The number of ether oxygens (including phenoxy) is 2. The summed E-state index contributed by atoms with van der Waals surface area (Å²) in [5.41, 5.74) is 2.26. The summed E-state index contributed by atoms with van der Waals surface area (Å²) in [7, 11) is 3.49.